The van der Waals surface area contributed by atoms with Crippen molar-refractivity contribution < 1.29 is 9.13 Å². The van der Waals surface area contributed by atoms with Crippen molar-refractivity contribution >= 4 is 15.9 Å². The van der Waals surface area contributed by atoms with E-state index in [1.807, 2.05) is 30.3 Å². The highest BCUT2D eigenvalue weighted by molar-refractivity contribution is 9.10. The molecule has 0 saturated carbocycles. The van der Waals surface area contributed by atoms with E-state index in [1.54, 1.807) is 6.07 Å². The molecule has 2 aromatic carbocycles. The van der Waals surface area contributed by atoms with Gasteiger partial charge in [-0.3, -0.25) is 0 Å². The topological polar surface area (TPSA) is 9.23 Å². The molecule has 0 aliphatic heterocycles. The van der Waals surface area contributed by atoms with Crippen LogP contribution in [0.4, 0.5) is 4.39 Å². The second-order valence-corrected chi connectivity index (χ2v) is 4.27. The summed E-state index contributed by atoms with van der Waals surface area (Å²) < 4.78 is 19.4. The molecule has 0 aromatic heterocycles. The van der Waals surface area contributed by atoms with Gasteiger partial charge in [-0.25, -0.2) is 4.39 Å². The second-order valence-electron chi connectivity index (χ2n) is 3.36. The Bertz CT molecular complexity index is 494. The van der Waals surface area contributed by atoms with Crippen molar-refractivity contribution in [1.29, 1.82) is 0 Å². The lowest BCUT2D eigenvalue weighted by Crippen LogP contribution is -1.88. The van der Waals surface area contributed by atoms with Crippen LogP contribution in [0.25, 0.3) is 11.1 Å². The number of benzene rings is 2. The van der Waals surface area contributed by atoms with E-state index in [2.05, 4.69) is 15.9 Å². The lowest BCUT2D eigenvalue weighted by atomic mass is 10.1. The van der Waals surface area contributed by atoms with Gasteiger partial charge in [0.2, 0.25) is 0 Å². The average molecular weight is 281 g/mol. The van der Waals surface area contributed by atoms with Crippen LogP contribution in [0.5, 0.6) is 5.75 Å². The molecule has 0 spiro atoms. The van der Waals surface area contributed by atoms with Crippen LogP contribution in [0.3, 0.4) is 0 Å². The van der Waals surface area contributed by atoms with Crippen LogP contribution >= 0.6 is 15.9 Å². The van der Waals surface area contributed by atoms with Gasteiger partial charge in [-0.1, -0.05) is 34.1 Å². The van der Waals surface area contributed by atoms with Crippen LogP contribution in [-0.2, 0) is 0 Å². The van der Waals surface area contributed by atoms with Gasteiger partial charge in [-0.15, -0.1) is 0 Å². The van der Waals surface area contributed by atoms with Crippen molar-refractivity contribution in [2.75, 3.05) is 7.11 Å². The predicted octanol–water partition coefficient (Wildman–Crippen LogP) is 4.26. The minimum Gasteiger partial charge on any atom is -0.494 e. The number of methoxy groups -OCH3 is 1. The van der Waals surface area contributed by atoms with E-state index in [0.29, 0.717) is 0 Å². The number of rotatable bonds is 2. The molecule has 0 unspecified atom stereocenters. The molecule has 16 heavy (non-hydrogen) atoms. The Morgan fingerprint density at radius 2 is 1.62 bits per heavy atom. The molecule has 0 fully saturated rings. The molecule has 2 rings (SSSR count). The highest BCUT2D eigenvalue weighted by atomic mass is 79.9. The maximum Gasteiger partial charge on any atom is 0.165 e. The van der Waals surface area contributed by atoms with Gasteiger partial charge >= 0.3 is 0 Å². The van der Waals surface area contributed by atoms with Gasteiger partial charge in [-0.2, -0.15) is 0 Å². The summed E-state index contributed by atoms with van der Waals surface area (Å²) in [5.41, 5.74) is 1.82. The monoisotopic (exact) mass is 280 g/mol. The van der Waals surface area contributed by atoms with E-state index in [4.69, 9.17) is 4.74 Å². The largest absolute Gasteiger partial charge is 0.494 e. The van der Waals surface area contributed by atoms with Crippen LogP contribution < -0.4 is 4.74 Å². The molecule has 0 aliphatic carbocycles. The van der Waals surface area contributed by atoms with Gasteiger partial charge in [-0.05, 0) is 35.4 Å². The smallest absolute Gasteiger partial charge is 0.165 e. The summed E-state index contributed by atoms with van der Waals surface area (Å²) in [6.45, 7) is 0. The summed E-state index contributed by atoms with van der Waals surface area (Å²) in [5, 5.41) is 0. The fraction of sp³-hybridized carbons (Fsp3) is 0.0769. The molecule has 0 radical (unpaired) electrons. The normalized spacial score (nSPS) is 10.2. The van der Waals surface area contributed by atoms with Crippen molar-refractivity contribution in [2.45, 2.75) is 0 Å². The Hall–Kier alpha value is -1.35. The van der Waals surface area contributed by atoms with Gasteiger partial charge in [0.15, 0.2) is 11.6 Å². The van der Waals surface area contributed by atoms with Crippen LogP contribution in [0.15, 0.2) is 46.9 Å². The predicted molar refractivity (Wildman–Crippen MR) is 66.1 cm³/mol. The Balaban J connectivity index is 2.41. The summed E-state index contributed by atoms with van der Waals surface area (Å²) in [6.07, 6.45) is 0. The standard InChI is InChI=1S/C13H10BrFO/c1-16-13-7-4-10(8-12(13)15)9-2-5-11(14)6-3-9/h2-8H,1H3. The van der Waals surface area contributed by atoms with Crippen LogP contribution in [0.2, 0.25) is 0 Å². The first-order valence-corrected chi connectivity index (χ1v) is 5.59. The summed E-state index contributed by atoms with van der Waals surface area (Å²) in [4.78, 5) is 0. The van der Waals surface area contributed by atoms with E-state index in [0.717, 1.165) is 15.6 Å². The molecule has 82 valence electrons. The van der Waals surface area contributed by atoms with Crippen molar-refractivity contribution in [1.82, 2.24) is 0 Å². The Labute approximate surface area is 102 Å². The third-order valence-electron chi connectivity index (χ3n) is 2.33. The highest BCUT2D eigenvalue weighted by Crippen LogP contribution is 2.26. The Morgan fingerprint density at radius 1 is 1.00 bits per heavy atom. The molecular formula is C13H10BrFO. The van der Waals surface area contributed by atoms with Gasteiger partial charge in [0.05, 0.1) is 7.11 Å². The molecule has 0 aliphatic rings. The molecule has 0 N–H and O–H groups in total. The Morgan fingerprint density at radius 3 is 2.19 bits per heavy atom. The first-order valence-electron chi connectivity index (χ1n) is 4.80. The molecule has 0 atom stereocenters. The van der Waals surface area contributed by atoms with E-state index in [1.165, 1.54) is 13.2 Å². The first kappa shape index (κ1) is 11.1. The lowest BCUT2D eigenvalue weighted by Gasteiger charge is -2.05. The van der Waals surface area contributed by atoms with Crippen molar-refractivity contribution in [3.8, 4) is 16.9 Å². The molecular weight excluding hydrogens is 271 g/mol. The van der Waals surface area contributed by atoms with Gasteiger partial charge in [0.1, 0.15) is 0 Å². The number of hydrogen-bond donors (Lipinski definition) is 0. The number of hydrogen-bond acceptors (Lipinski definition) is 1. The molecule has 1 nitrogen and oxygen atoms in total. The SMILES string of the molecule is COc1ccc(-c2ccc(Br)cc2)cc1F. The minimum absolute atomic E-state index is 0.265. The van der Waals surface area contributed by atoms with Gasteiger partial charge < -0.3 is 4.74 Å². The molecule has 0 heterocycles. The van der Waals surface area contributed by atoms with Crippen LogP contribution in [0, 0.1) is 5.82 Å². The molecule has 0 amide bonds. The van der Waals surface area contributed by atoms with E-state index in [-0.39, 0.29) is 11.6 Å². The Kier molecular flexibility index (Phi) is 3.25. The summed E-state index contributed by atoms with van der Waals surface area (Å²) in [6, 6.07) is 12.7. The van der Waals surface area contributed by atoms with Gasteiger partial charge in [0, 0.05) is 4.47 Å². The van der Waals surface area contributed by atoms with Crippen molar-refractivity contribution in [3.63, 3.8) is 0 Å². The summed E-state index contributed by atoms with van der Waals surface area (Å²) in [5.74, 6) is -0.0798. The quantitative estimate of drug-likeness (QED) is 0.799. The lowest BCUT2D eigenvalue weighted by molar-refractivity contribution is 0.386. The zero-order valence-electron chi connectivity index (χ0n) is 8.71. The van der Waals surface area contributed by atoms with E-state index in [9.17, 15) is 4.39 Å². The maximum atomic E-state index is 13.5. The zero-order valence-corrected chi connectivity index (χ0v) is 10.3. The van der Waals surface area contributed by atoms with Crippen LogP contribution in [0.1, 0.15) is 0 Å². The summed E-state index contributed by atoms with van der Waals surface area (Å²) in [7, 11) is 1.46. The van der Waals surface area contributed by atoms with Crippen molar-refractivity contribution in [3.05, 3.63) is 52.8 Å². The van der Waals surface area contributed by atoms with Crippen molar-refractivity contribution in [2.24, 2.45) is 0 Å². The number of halogens is 2. The van der Waals surface area contributed by atoms with E-state index < -0.39 is 0 Å². The zero-order chi connectivity index (χ0) is 11.5. The highest BCUT2D eigenvalue weighted by Gasteiger charge is 2.04. The van der Waals surface area contributed by atoms with Crippen LogP contribution in [-0.4, -0.2) is 7.11 Å². The fourth-order valence-corrected chi connectivity index (χ4v) is 1.75. The summed E-state index contributed by atoms with van der Waals surface area (Å²) >= 11 is 3.36. The molecule has 0 bridgehead atoms. The molecule has 2 aromatic rings. The first-order chi connectivity index (χ1) is 7.70. The average Bonchev–Trinajstić information content (AvgIpc) is 2.30. The fourth-order valence-electron chi connectivity index (χ4n) is 1.49. The minimum atomic E-state index is -0.345. The molecule has 3 heteroatoms. The van der Waals surface area contributed by atoms with E-state index >= 15 is 0 Å². The van der Waals surface area contributed by atoms with Gasteiger partial charge in [0.25, 0.3) is 0 Å². The number of ether oxygens (including phenoxy) is 1. The third kappa shape index (κ3) is 2.25. The third-order valence-corrected chi connectivity index (χ3v) is 2.86. The second kappa shape index (κ2) is 4.66. The maximum absolute atomic E-state index is 13.5. The molecule has 0 saturated heterocycles.